The first-order valence-electron chi connectivity index (χ1n) is 9.09. The summed E-state index contributed by atoms with van der Waals surface area (Å²) < 4.78 is 17.9. The zero-order valence-corrected chi connectivity index (χ0v) is 16.4. The molecular formula is C20H22N4O4. The van der Waals surface area contributed by atoms with Crippen LogP contribution in [0.15, 0.2) is 18.2 Å². The molecule has 0 amide bonds. The first kappa shape index (κ1) is 18.4. The molecule has 1 aromatic carbocycles. The lowest BCUT2D eigenvalue weighted by molar-refractivity contribution is 0.0944. The van der Waals surface area contributed by atoms with E-state index in [1.54, 1.807) is 25.8 Å². The Bertz CT molecular complexity index is 1060. The number of rotatable bonds is 5. The molecular weight excluding hydrogens is 360 g/mol. The van der Waals surface area contributed by atoms with Crippen LogP contribution in [-0.4, -0.2) is 46.9 Å². The third-order valence-corrected chi connectivity index (χ3v) is 5.00. The smallest absolute Gasteiger partial charge is 0.185 e. The number of hydrogen-bond donors (Lipinski definition) is 0. The molecule has 2 heterocycles. The SMILES string of the molecule is COCc1nn2c3c(nnc2c1-c1ccc(OC)c(OC)c1)C(=O)CC(C)C3. The van der Waals surface area contributed by atoms with Crippen molar-refractivity contribution in [3.05, 3.63) is 35.3 Å². The molecule has 1 atom stereocenters. The molecule has 3 aromatic rings. The summed E-state index contributed by atoms with van der Waals surface area (Å²) in [6.07, 6.45) is 1.22. The van der Waals surface area contributed by atoms with Gasteiger partial charge in [0, 0.05) is 13.5 Å². The van der Waals surface area contributed by atoms with E-state index in [2.05, 4.69) is 17.1 Å². The average Bonchev–Trinajstić information content (AvgIpc) is 3.06. The van der Waals surface area contributed by atoms with Crippen molar-refractivity contribution in [1.82, 2.24) is 19.8 Å². The Kier molecular flexibility index (Phi) is 4.72. The minimum absolute atomic E-state index is 0.0135. The number of benzene rings is 1. The Hall–Kier alpha value is -3.00. The highest BCUT2D eigenvalue weighted by molar-refractivity contribution is 5.96. The van der Waals surface area contributed by atoms with Gasteiger partial charge in [0.1, 0.15) is 0 Å². The molecule has 1 aliphatic rings. The molecule has 0 bridgehead atoms. The molecule has 0 saturated carbocycles. The van der Waals surface area contributed by atoms with Crippen molar-refractivity contribution in [3.63, 3.8) is 0 Å². The largest absolute Gasteiger partial charge is 0.493 e. The third-order valence-electron chi connectivity index (χ3n) is 5.00. The number of aromatic nitrogens is 4. The van der Waals surface area contributed by atoms with Crippen LogP contribution in [0.3, 0.4) is 0 Å². The maximum atomic E-state index is 12.4. The van der Waals surface area contributed by atoms with Gasteiger partial charge in [0.2, 0.25) is 0 Å². The average molecular weight is 382 g/mol. The normalized spacial score (nSPS) is 16.3. The molecule has 1 unspecified atom stereocenters. The van der Waals surface area contributed by atoms with Crippen LogP contribution < -0.4 is 9.47 Å². The van der Waals surface area contributed by atoms with Gasteiger partial charge in [-0.15, -0.1) is 10.2 Å². The lowest BCUT2D eigenvalue weighted by Gasteiger charge is -2.19. The standard InChI is InChI=1S/C20H22N4O4/c1-11-7-14-19(15(25)8-11)21-22-20-18(13(10-26-2)23-24(14)20)12-5-6-16(27-3)17(9-12)28-4/h5-6,9,11H,7-8,10H2,1-4H3. The van der Waals surface area contributed by atoms with E-state index in [0.717, 1.165) is 28.9 Å². The first-order valence-corrected chi connectivity index (χ1v) is 9.09. The monoisotopic (exact) mass is 382 g/mol. The molecule has 0 saturated heterocycles. The number of fused-ring (bicyclic) bond motifs is 3. The summed E-state index contributed by atoms with van der Waals surface area (Å²) in [6, 6.07) is 5.64. The Morgan fingerprint density at radius 2 is 1.89 bits per heavy atom. The number of methoxy groups -OCH3 is 3. The molecule has 0 aliphatic heterocycles. The van der Waals surface area contributed by atoms with Crippen LogP contribution in [0.2, 0.25) is 0 Å². The quantitative estimate of drug-likeness (QED) is 0.670. The number of carbonyl (C=O) groups is 1. The van der Waals surface area contributed by atoms with Gasteiger partial charge in [-0.3, -0.25) is 4.79 Å². The van der Waals surface area contributed by atoms with Gasteiger partial charge in [-0.1, -0.05) is 13.0 Å². The maximum absolute atomic E-state index is 12.4. The predicted octanol–water partition coefficient (Wildman–Crippen LogP) is 2.72. The molecule has 8 nitrogen and oxygen atoms in total. The van der Waals surface area contributed by atoms with Crippen LogP contribution in [0, 0.1) is 5.92 Å². The van der Waals surface area contributed by atoms with Crippen molar-refractivity contribution in [2.45, 2.75) is 26.4 Å². The first-order chi connectivity index (χ1) is 13.6. The number of nitrogens with zero attached hydrogens (tertiary/aromatic N) is 4. The Balaban J connectivity index is 1.97. The second-order valence-electron chi connectivity index (χ2n) is 6.99. The van der Waals surface area contributed by atoms with Gasteiger partial charge in [-0.2, -0.15) is 5.10 Å². The van der Waals surface area contributed by atoms with Crippen LogP contribution in [0.25, 0.3) is 16.8 Å². The molecule has 0 spiro atoms. The van der Waals surface area contributed by atoms with Crippen LogP contribution in [0.4, 0.5) is 0 Å². The summed E-state index contributed by atoms with van der Waals surface area (Å²) in [5.41, 5.74) is 4.21. The van der Waals surface area contributed by atoms with Crippen molar-refractivity contribution >= 4 is 11.4 Å². The van der Waals surface area contributed by atoms with E-state index in [0.29, 0.717) is 35.9 Å². The summed E-state index contributed by atoms with van der Waals surface area (Å²) in [7, 11) is 4.81. The van der Waals surface area contributed by atoms with E-state index in [4.69, 9.17) is 19.3 Å². The fraction of sp³-hybridized carbons (Fsp3) is 0.400. The van der Waals surface area contributed by atoms with E-state index in [9.17, 15) is 4.79 Å². The minimum atomic E-state index is 0.0135. The van der Waals surface area contributed by atoms with Gasteiger partial charge in [0.25, 0.3) is 0 Å². The summed E-state index contributed by atoms with van der Waals surface area (Å²) in [4.78, 5) is 12.4. The molecule has 28 heavy (non-hydrogen) atoms. The maximum Gasteiger partial charge on any atom is 0.185 e. The Morgan fingerprint density at radius 3 is 2.61 bits per heavy atom. The number of hydrogen-bond acceptors (Lipinski definition) is 7. The third kappa shape index (κ3) is 2.90. The summed E-state index contributed by atoms with van der Waals surface area (Å²) >= 11 is 0. The highest BCUT2D eigenvalue weighted by Crippen LogP contribution is 2.36. The molecule has 0 fully saturated rings. The van der Waals surface area contributed by atoms with Crippen molar-refractivity contribution in [3.8, 4) is 22.6 Å². The van der Waals surface area contributed by atoms with Crippen LogP contribution >= 0.6 is 0 Å². The zero-order chi connectivity index (χ0) is 19.8. The van der Waals surface area contributed by atoms with Gasteiger partial charge in [0.05, 0.1) is 37.8 Å². The predicted molar refractivity (Wildman–Crippen MR) is 102 cm³/mol. The van der Waals surface area contributed by atoms with Gasteiger partial charge < -0.3 is 14.2 Å². The van der Waals surface area contributed by atoms with Gasteiger partial charge in [-0.25, -0.2) is 4.52 Å². The fourth-order valence-electron chi connectivity index (χ4n) is 3.73. The number of ketones is 1. The van der Waals surface area contributed by atoms with Crippen molar-refractivity contribution in [1.29, 1.82) is 0 Å². The topological polar surface area (TPSA) is 87.8 Å². The highest BCUT2D eigenvalue weighted by Gasteiger charge is 2.29. The van der Waals surface area contributed by atoms with Gasteiger partial charge >= 0.3 is 0 Å². The van der Waals surface area contributed by atoms with Crippen LogP contribution in [0.1, 0.15) is 35.2 Å². The fourth-order valence-corrected chi connectivity index (χ4v) is 3.73. The van der Waals surface area contributed by atoms with Gasteiger partial charge in [-0.05, 0) is 30.0 Å². The van der Waals surface area contributed by atoms with Crippen molar-refractivity contribution < 1.29 is 19.0 Å². The van der Waals surface area contributed by atoms with E-state index in [1.807, 2.05) is 18.2 Å². The van der Waals surface area contributed by atoms with Crippen LogP contribution in [0.5, 0.6) is 11.5 Å². The Labute approximate surface area is 162 Å². The number of ether oxygens (including phenoxy) is 3. The summed E-state index contributed by atoms with van der Waals surface area (Å²) in [5, 5.41) is 13.3. The Morgan fingerprint density at radius 1 is 1.11 bits per heavy atom. The van der Waals surface area contributed by atoms with E-state index in [1.165, 1.54) is 0 Å². The van der Waals surface area contributed by atoms with E-state index < -0.39 is 0 Å². The number of Topliss-reactive ketones (excluding diaryl/α,β-unsaturated/α-hetero) is 1. The number of carbonyl (C=O) groups excluding carboxylic acids is 1. The molecule has 1 aliphatic carbocycles. The lowest BCUT2D eigenvalue weighted by Crippen LogP contribution is -2.23. The highest BCUT2D eigenvalue weighted by atomic mass is 16.5. The molecule has 2 aromatic heterocycles. The lowest BCUT2D eigenvalue weighted by atomic mass is 9.90. The molecule has 146 valence electrons. The second kappa shape index (κ2) is 7.20. The van der Waals surface area contributed by atoms with Crippen molar-refractivity contribution in [2.75, 3.05) is 21.3 Å². The molecule has 0 radical (unpaired) electrons. The zero-order valence-electron chi connectivity index (χ0n) is 16.4. The van der Waals surface area contributed by atoms with E-state index >= 15 is 0 Å². The van der Waals surface area contributed by atoms with Crippen molar-refractivity contribution in [2.24, 2.45) is 5.92 Å². The molecule has 0 N–H and O–H groups in total. The molecule has 8 heteroatoms. The molecule has 4 rings (SSSR count). The summed E-state index contributed by atoms with van der Waals surface area (Å²) in [5.74, 6) is 1.50. The second-order valence-corrected chi connectivity index (χ2v) is 6.99. The summed E-state index contributed by atoms with van der Waals surface area (Å²) in [6.45, 7) is 2.37. The van der Waals surface area contributed by atoms with Gasteiger partial charge in [0.15, 0.2) is 28.6 Å². The minimum Gasteiger partial charge on any atom is -0.493 e. The van der Waals surface area contributed by atoms with E-state index in [-0.39, 0.29) is 11.7 Å². The van der Waals surface area contributed by atoms with Crippen LogP contribution in [-0.2, 0) is 17.8 Å².